The van der Waals surface area contributed by atoms with Gasteiger partial charge in [0, 0.05) is 5.75 Å². The first-order valence-corrected chi connectivity index (χ1v) is 7.41. The first kappa shape index (κ1) is 15.0. The van der Waals surface area contributed by atoms with Crippen molar-refractivity contribution in [3.63, 3.8) is 0 Å². The van der Waals surface area contributed by atoms with Gasteiger partial charge in [-0.25, -0.2) is 9.78 Å². The van der Waals surface area contributed by atoms with Crippen molar-refractivity contribution in [2.24, 2.45) is 5.41 Å². The molecule has 0 bridgehead atoms. The number of nitriles is 1. The normalized spacial score (nSPS) is 11.2. The standard InChI is InChI=1S/C12H16N2O2S2/c1-8-9(10(15)16)18-11(14-8)17-6-4-5-12(2,3)7-13/h4-6H2,1-3H3,(H,15,16). The van der Waals surface area contributed by atoms with Crippen LogP contribution in [0.4, 0.5) is 0 Å². The number of hydrogen-bond acceptors (Lipinski definition) is 5. The second-order valence-electron chi connectivity index (χ2n) is 4.65. The molecule has 4 nitrogen and oxygen atoms in total. The summed E-state index contributed by atoms with van der Waals surface area (Å²) < 4.78 is 0.791. The molecule has 1 heterocycles. The van der Waals surface area contributed by atoms with E-state index in [9.17, 15) is 4.79 Å². The van der Waals surface area contributed by atoms with E-state index in [1.165, 1.54) is 11.3 Å². The number of carboxylic acid groups (broad SMARTS) is 1. The summed E-state index contributed by atoms with van der Waals surface area (Å²) in [5, 5.41) is 17.8. The Morgan fingerprint density at radius 3 is 2.78 bits per heavy atom. The van der Waals surface area contributed by atoms with Gasteiger partial charge in [-0.1, -0.05) is 11.8 Å². The number of carbonyl (C=O) groups is 1. The molecule has 1 aromatic rings. The Balaban J connectivity index is 2.44. The predicted molar refractivity (Wildman–Crippen MR) is 73.2 cm³/mol. The smallest absolute Gasteiger partial charge is 0.347 e. The summed E-state index contributed by atoms with van der Waals surface area (Å²) in [7, 11) is 0. The zero-order valence-corrected chi connectivity index (χ0v) is 12.3. The van der Waals surface area contributed by atoms with Crippen LogP contribution in [0.1, 0.15) is 42.1 Å². The Morgan fingerprint density at radius 1 is 1.61 bits per heavy atom. The van der Waals surface area contributed by atoms with Crippen molar-refractivity contribution in [1.82, 2.24) is 4.98 Å². The molecular formula is C12H16N2O2S2. The third kappa shape index (κ3) is 4.31. The largest absolute Gasteiger partial charge is 0.477 e. The third-order valence-corrected chi connectivity index (χ3v) is 4.82. The third-order valence-electron chi connectivity index (χ3n) is 2.45. The van der Waals surface area contributed by atoms with E-state index in [0.29, 0.717) is 10.6 Å². The van der Waals surface area contributed by atoms with Crippen molar-refractivity contribution < 1.29 is 9.90 Å². The summed E-state index contributed by atoms with van der Waals surface area (Å²) in [4.78, 5) is 15.4. The molecular weight excluding hydrogens is 268 g/mol. The Hall–Kier alpha value is -1.06. The van der Waals surface area contributed by atoms with Crippen molar-refractivity contribution in [1.29, 1.82) is 5.26 Å². The minimum atomic E-state index is -0.914. The average molecular weight is 284 g/mol. The van der Waals surface area contributed by atoms with Gasteiger partial charge in [0.25, 0.3) is 0 Å². The number of aromatic nitrogens is 1. The minimum Gasteiger partial charge on any atom is -0.477 e. The number of thiazole rings is 1. The Bertz CT molecular complexity index is 475. The molecule has 0 aliphatic heterocycles. The minimum absolute atomic E-state index is 0.286. The molecule has 1 aromatic heterocycles. The van der Waals surface area contributed by atoms with Crippen LogP contribution >= 0.6 is 23.1 Å². The van der Waals surface area contributed by atoms with Crippen molar-refractivity contribution in [2.45, 2.75) is 38.0 Å². The molecule has 0 fully saturated rings. The van der Waals surface area contributed by atoms with Gasteiger partial charge >= 0.3 is 5.97 Å². The highest BCUT2D eigenvalue weighted by atomic mass is 32.2. The van der Waals surface area contributed by atoms with Crippen LogP contribution in [-0.4, -0.2) is 21.8 Å². The second kappa shape index (κ2) is 6.21. The maximum absolute atomic E-state index is 10.9. The molecule has 0 aromatic carbocycles. The summed E-state index contributed by atoms with van der Waals surface area (Å²) in [6.07, 6.45) is 1.76. The number of nitrogens with zero attached hydrogens (tertiary/aromatic N) is 2. The monoisotopic (exact) mass is 284 g/mol. The van der Waals surface area contributed by atoms with Gasteiger partial charge in [-0.05, 0) is 33.6 Å². The van der Waals surface area contributed by atoms with Crippen LogP contribution in [0, 0.1) is 23.7 Å². The molecule has 0 unspecified atom stereocenters. The highest BCUT2D eigenvalue weighted by Gasteiger charge is 2.17. The highest BCUT2D eigenvalue weighted by molar-refractivity contribution is 8.01. The van der Waals surface area contributed by atoms with E-state index in [4.69, 9.17) is 10.4 Å². The second-order valence-corrected chi connectivity index (χ2v) is 6.99. The number of hydrogen-bond donors (Lipinski definition) is 1. The lowest BCUT2D eigenvalue weighted by Crippen LogP contribution is -2.07. The molecule has 0 saturated heterocycles. The maximum atomic E-state index is 10.9. The molecule has 0 aliphatic rings. The molecule has 0 atom stereocenters. The fraction of sp³-hybridized carbons (Fsp3) is 0.583. The topological polar surface area (TPSA) is 74.0 Å². The van der Waals surface area contributed by atoms with Gasteiger partial charge in [0.15, 0.2) is 4.34 Å². The number of carboxylic acids is 1. The van der Waals surface area contributed by atoms with E-state index < -0.39 is 5.97 Å². The zero-order chi connectivity index (χ0) is 13.8. The average Bonchev–Trinajstić information content (AvgIpc) is 2.66. The van der Waals surface area contributed by atoms with Crippen LogP contribution < -0.4 is 0 Å². The predicted octanol–water partition coefficient (Wildman–Crippen LogP) is 3.57. The van der Waals surface area contributed by atoms with Crippen LogP contribution in [0.3, 0.4) is 0 Å². The summed E-state index contributed by atoms with van der Waals surface area (Å²) in [6, 6.07) is 2.27. The maximum Gasteiger partial charge on any atom is 0.347 e. The van der Waals surface area contributed by atoms with Gasteiger partial charge in [-0.2, -0.15) is 5.26 Å². The van der Waals surface area contributed by atoms with Gasteiger partial charge < -0.3 is 5.11 Å². The first-order chi connectivity index (χ1) is 8.35. The fourth-order valence-electron chi connectivity index (χ4n) is 1.36. The SMILES string of the molecule is Cc1nc(SCCCC(C)(C)C#N)sc1C(=O)O. The van der Waals surface area contributed by atoms with E-state index in [0.717, 1.165) is 22.9 Å². The number of aromatic carboxylic acids is 1. The molecule has 0 aliphatic carbocycles. The molecule has 1 rings (SSSR count). The summed E-state index contributed by atoms with van der Waals surface area (Å²) in [5.74, 6) is -0.0561. The number of aryl methyl sites for hydroxylation is 1. The summed E-state index contributed by atoms with van der Waals surface area (Å²) in [5.41, 5.74) is 0.290. The molecule has 0 amide bonds. The van der Waals surface area contributed by atoms with Gasteiger partial charge in [-0.3, -0.25) is 0 Å². The molecule has 0 saturated carbocycles. The Labute approximate surface area is 115 Å². The van der Waals surface area contributed by atoms with E-state index in [-0.39, 0.29) is 5.41 Å². The van der Waals surface area contributed by atoms with Crippen LogP contribution in [-0.2, 0) is 0 Å². The molecule has 6 heteroatoms. The van der Waals surface area contributed by atoms with E-state index in [1.807, 2.05) is 13.8 Å². The van der Waals surface area contributed by atoms with Crippen LogP contribution in [0.5, 0.6) is 0 Å². The molecule has 98 valence electrons. The number of thioether (sulfide) groups is 1. The van der Waals surface area contributed by atoms with Crippen molar-refractivity contribution >= 4 is 29.1 Å². The Kier molecular flexibility index (Phi) is 5.17. The quantitative estimate of drug-likeness (QED) is 0.638. The fourth-order valence-corrected chi connectivity index (χ4v) is 3.40. The van der Waals surface area contributed by atoms with Crippen LogP contribution in [0.2, 0.25) is 0 Å². The molecule has 0 radical (unpaired) electrons. The summed E-state index contributed by atoms with van der Waals surface area (Å²) in [6.45, 7) is 5.56. The molecule has 1 N–H and O–H groups in total. The van der Waals surface area contributed by atoms with Crippen molar-refractivity contribution in [3.05, 3.63) is 10.6 Å². The first-order valence-electron chi connectivity index (χ1n) is 5.60. The zero-order valence-electron chi connectivity index (χ0n) is 10.7. The number of rotatable bonds is 6. The van der Waals surface area contributed by atoms with Gasteiger partial charge in [0.05, 0.1) is 17.2 Å². The lowest BCUT2D eigenvalue weighted by molar-refractivity contribution is 0.0701. The Morgan fingerprint density at radius 2 is 2.28 bits per heavy atom. The van der Waals surface area contributed by atoms with E-state index in [2.05, 4.69) is 11.1 Å². The van der Waals surface area contributed by atoms with Crippen molar-refractivity contribution in [2.75, 3.05) is 5.75 Å². The van der Waals surface area contributed by atoms with Crippen LogP contribution in [0.15, 0.2) is 4.34 Å². The van der Waals surface area contributed by atoms with Gasteiger partial charge in [0.1, 0.15) is 4.88 Å². The van der Waals surface area contributed by atoms with E-state index >= 15 is 0 Å². The lowest BCUT2D eigenvalue weighted by Gasteiger charge is -2.13. The summed E-state index contributed by atoms with van der Waals surface area (Å²) >= 11 is 2.78. The van der Waals surface area contributed by atoms with E-state index in [1.54, 1.807) is 18.7 Å². The molecule has 0 spiro atoms. The van der Waals surface area contributed by atoms with Gasteiger partial charge in [-0.15, -0.1) is 11.3 Å². The van der Waals surface area contributed by atoms with Crippen molar-refractivity contribution in [3.8, 4) is 6.07 Å². The molecule has 18 heavy (non-hydrogen) atoms. The van der Waals surface area contributed by atoms with Crippen LogP contribution in [0.25, 0.3) is 0 Å². The highest BCUT2D eigenvalue weighted by Crippen LogP contribution is 2.29. The van der Waals surface area contributed by atoms with Gasteiger partial charge in [0.2, 0.25) is 0 Å². The lowest BCUT2D eigenvalue weighted by atomic mass is 9.90.